The van der Waals surface area contributed by atoms with Gasteiger partial charge < -0.3 is 20.2 Å². The molecule has 6 nitrogen and oxygen atoms in total. The lowest BCUT2D eigenvalue weighted by Crippen LogP contribution is -2.32. The minimum absolute atomic E-state index is 0.00886. The van der Waals surface area contributed by atoms with E-state index < -0.39 is 18.1 Å². The van der Waals surface area contributed by atoms with Gasteiger partial charge in [0.2, 0.25) is 5.91 Å². The van der Waals surface area contributed by atoms with E-state index in [4.69, 9.17) is 5.11 Å². The van der Waals surface area contributed by atoms with Crippen LogP contribution in [0.15, 0.2) is 24.3 Å². The number of likely N-dealkylation sites (tertiary alicyclic amines) is 1. The largest absolute Gasteiger partial charge is 0.508 e. The first-order valence-corrected chi connectivity index (χ1v) is 5.95. The van der Waals surface area contributed by atoms with E-state index in [0.29, 0.717) is 5.56 Å². The van der Waals surface area contributed by atoms with Crippen LogP contribution in [0.3, 0.4) is 0 Å². The summed E-state index contributed by atoms with van der Waals surface area (Å²) in [5, 5.41) is 27.9. The predicted octanol–water partition coefficient (Wildman–Crippen LogP) is 0.501. The van der Waals surface area contributed by atoms with Crippen molar-refractivity contribution in [1.29, 1.82) is 0 Å². The molecule has 3 N–H and O–H groups in total. The van der Waals surface area contributed by atoms with Gasteiger partial charge in [-0.3, -0.25) is 9.59 Å². The fourth-order valence-electron chi connectivity index (χ4n) is 2.32. The minimum Gasteiger partial charge on any atom is -0.508 e. The Morgan fingerprint density at radius 2 is 2.21 bits per heavy atom. The second kappa shape index (κ2) is 5.27. The number of hydrogen-bond acceptors (Lipinski definition) is 4. The molecule has 0 aromatic heterocycles. The zero-order valence-corrected chi connectivity index (χ0v) is 10.2. The monoisotopic (exact) mass is 265 g/mol. The van der Waals surface area contributed by atoms with Gasteiger partial charge in [-0.05, 0) is 17.7 Å². The molecular formula is C13H15NO5. The number of carboxylic acids is 1. The zero-order valence-electron chi connectivity index (χ0n) is 10.2. The van der Waals surface area contributed by atoms with Gasteiger partial charge in [-0.15, -0.1) is 0 Å². The molecule has 1 saturated heterocycles. The average Bonchev–Trinajstić information content (AvgIpc) is 2.65. The van der Waals surface area contributed by atoms with Crippen molar-refractivity contribution in [3.05, 3.63) is 29.8 Å². The van der Waals surface area contributed by atoms with Crippen molar-refractivity contribution in [3.8, 4) is 5.75 Å². The molecule has 1 heterocycles. The molecule has 0 bridgehead atoms. The number of phenols is 1. The zero-order chi connectivity index (χ0) is 14.0. The maximum atomic E-state index is 11.8. The molecule has 1 fully saturated rings. The highest BCUT2D eigenvalue weighted by Gasteiger charge is 2.35. The predicted molar refractivity (Wildman–Crippen MR) is 65.4 cm³/mol. The molecular weight excluding hydrogens is 250 g/mol. The third-order valence-corrected chi connectivity index (χ3v) is 3.14. The Hall–Kier alpha value is -2.08. The number of aromatic hydroxyl groups is 1. The highest BCUT2D eigenvalue weighted by Crippen LogP contribution is 2.30. The number of nitrogens with zero attached hydrogens (tertiary/aromatic N) is 1. The topological polar surface area (TPSA) is 98.1 Å². The van der Waals surface area contributed by atoms with E-state index in [1.807, 2.05) is 0 Å². The Kier molecular flexibility index (Phi) is 3.71. The first kappa shape index (κ1) is 13.4. The van der Waals surface area contributed by atoms with Crippen LogP contribution in [-0.4, -0.2) is 44.7 Å². The maximum Gasteiger partial charge on any atom is 0.305 e. The minimum atomic E-state index is -1.04. The van der Waals surface area contributed by atoms with E-state index in [2.05, 4.69) is 0 Å². The number of hydrogen-bond donors (Lipinski definition) is 3. The number of carbonyl (C=O) groups is 2. The molecule has 102 valence electrons. The van der Waals surface area contributed by atoms with Crippen molar-refractivity contribution in [3.63, 3.8) is 0 Å². The van der Waals surface area contributed by atoms with Crippen LogP contribution in [0.5, 0.6) is 5.75 Å². The third-order valence-electron chi connectivity index (χ3n) is 3.14. The van der Waals surface area contributed by atoms with Crippen molar-refractivity contribution in [2.24, 2.45) is 0 Å². The smallest absolute Gasteiger partial charge is 0.305 e. The first-order valence-electron chi connectivity index (χ1n) is 5.95. The lowest BCUT2D eigenvalue weighted by molar-refractivity contribution is -0.139. The lowest BCUT2D eigenvalue weighted by atomic mass is 10.0. The average molecular weight is 265 g/mol. The van der Waals surface area contributed by atoms with Gasteiger partial charge in [0.05, 0.1) is 25.0 Å². The molecule has 2 rings (SSSR count). The van der Waals surface area contributed by atoms with Crippen LogP contribution >= 0.6 is 0 Å². The number of rotatable bonds is 4. The molecule has 6 heteroatoms. The number of β-amino-alcohol motifs (C(OH)–C–C–N with tert-alkyl or cyclic N) is 1. The number of amides is 1. The molecule has 2 unspecified atom stereocenters. The van der Waals surface area contributed by atoms with Gasteiger partial charge in [0.1, 0.15) is 5.75 Å². The van der Waals surface area contributed by atoms with E-state index >= 15 is 0 Å². The molecule has 1 aliphatic rings. The Labute approximate surface area is 109 Å². The number of carbonyl (C=O) groups excluding carboxylic acids is 1. The second-order valence-corrected chi connectivity index (χ2v) is 4.61. The molecule has 0 spiro atoms. The van der Waals surface area contributed by atoms with Crippen LogP contribution in [0, 0.1) is 0 Å². The summed E-state index contributed by atoms with van der Waals surface area (Å²) in [5.41, 5.74) is 0.546. The van der Waals surface area contributed by atoms with E-state index in [1.165, 1.54) is 17.0 Å². The maximum absolute atomic E-state index is 11.8. The molecule has 2 atom stereocenters. The number of aliphatic hydroxyl groups is 1. The van der Waals surface area contributed by atoms with E-state index in [0.717, 1.165) is 0 Å². The van der Waals surface area contributed by atoms with Crippen LogP contribution in [0.4, 0.5) is 0 Å². The van der Waals surface area contributed by atoms with Crippen molar-refractivity contribution in [1.82, 2.24) is 4.90 Å². The fourth-order valence-corrected chi connectivity index (χ4v) is 2.32. The van der Waals surface area contributed by atoms with Crippen LogP contribution in [0.1, 0.15) is 24.4 Å². The molecule has 0 radical (unpaired) electrons. The molecule has 0 aliphatic carbocycles. The molecule has 1 aromatic carbocycles. The van der Waals surface area contributed by atoms with Crippen molar-refractivity contribution >= 4 is 11.9 Å². The highest BCUT2D eigenvalue weighted by molar-refractivity contribution is 5.80. The molecule has 0 saturated carbocycles. The number of phenolic OH excluding ortho intramolecular Hbond substituents is 1. The van der Waals surface area contributed by atoms with Crippen molar-refractivity contribution in [2.75, 3.05) is 6.54 Å². The Bertz CT molecular complexity index is 502. The summed E-state index contributed by atoms with van der Waals surface area (Å²) in [6.07, 6.45) is -1.02. The van der Waals surface area contributed by atoms with Crippen molar-refractivity contribution < 1.29 is 24.9 Å². The lowest BCUT2D eigenvalue weighted by Gasteiger charge is -2.27. The number of benzene rings is 1. The van der Waals surface area contributed by atoms with Gasteiger partial charge in [-0.1, -0.05) is 12.1 Å². The molecule has 19 heavy (non-hydrogen) atoms. The molecule has 1 amide bonds. The summed E-state index contributed by atoms with van der Waals surface area (Å²) in [6, 6.07) is 5.49. The SMILES string of the molecule is O=C(O)CC(c1cccc(O)c1)N1CC(O)CC1=O. The quantitative estimate of drug-likeness (QED) is 0.736. The third kappa shape index (κ3) is 3.03. The van der Waals surface area contributed by atoms with Gasteiger partial charge in [0.15, 0.2) is 0 Å². The first-order chi connectivity index (χ1) is 8.97. The van der Waals surface area contributed by atoms with E-state index in [1.54, 1.807) is 12.1 Å². The van der Waals surface area contributed by atoms with Crippen LogP contribution < -0.4 is 0 Å². The number of aliphatic hydroxyl groups excluding tert-OH is 1. The van der Waals surface area contributed by atoms with Crippen LogP contribution in [0.25, 0.3) is 0 Å². The van der Waals surface area contributed by atoms with E-state index in [-0.39, 0.29) is 31.0 Å². The standard InChI is InChI=1S/C13H15NO5/c15-9-3-1-2-8(4-9)11(6-13(18)19)14-7-10(16)5-12(14)17/h1-4,10-11,15-16H,5-7H2,(H,18,19). The normalized spacial score (nSPS) is 20.6. The fraction of sp³-hybridized carbons (Fsp3) is 0.385. The van der Waals surface area contributed by atoms with Gasteiger partial charge >= 0.3 is 5.97 Å². The van der Waals surface area contributed by atoms with Gasteiger partial charge in [-0.25, -0.2) is 0 Å². The molecule has 1 aromatic rings. The Morgan fingerprint density at radius 1 is 1.47 bits per heavy atom. The van der Waals surface area contributed by atoms with Crippen LogP contribution in [0.2, 0.25) is 0 Å². The molecule has 1 aliphatic heterocycles. The number of aliphatic carboxylic acids is 1. The van der Waals surface area contributed by atoms with Crippen LogP contribution in [-0.2, 0) is 9.59 Å². The highest BCUT2D eigenvalue weighted by atomic mass is 16.4. The van der Waals surface area contributed by atoms with Gasteiger partial charge in [-0.2, -0.15) is 0 Å². The summed E-state index contributed by atoms with van der Waals surface area (Å²) < 4.78 is 0. The van der Waals surface area contributed by atoms with E-state index in [9.17, 15) is 19.8 Å². The summed E-state index contributed by atoms with van der Waals surface area (Å²) in [6.45, 7) is 0.117. The Balaban J connectivity index is 2.30. The summed E-state index contributed by atoms with van der Waals surface area (Å²) >= 11 is 0. The van der Waals surface area contributed by atoms with Gasteiger partial charge in [0.25, 0.3) is 0 Å². The van der Waals surface area contributed by atoms with Gasteiger partial charge in [0, 0.05) is 6.54 Å². The summed E-state index contributed by atoms with van der Waals surface area (Å²) in [5.74, 6) is -1.30. The number of carboxylic acid groups (broad SMARTS) is 1. The summed E-state index contributed by atoms with van der Waals surface area (Å²) in [4.78, 5) is 24.1. The second-order valence-electron chi connectivity index (χ2n) is 4.61. The summed E-state index contributed by atoms with van der Waals surface area (Å²) in [7, 11) is 0. The van der Waals surface area contributed by atoms with Crippen molar-refractivity contribution in [2.45, 2.75) is 25.0 Å². The Morgan fingerprint density at radius 3 is 2.74 bits per heavy atom.